The van der Waals surface area contributed by atoms with Gasteiger partial charge in [-0.3, -0.25) is 4.79 Å². The highest BCUT2D eigenvalue weighted by molar-refractivity contribution is 5.94. The molecule has 0 aliphatic carbocycles. The summed E-state index contributed by atoms with van der Waals surface area (Å²) in [5.41, 5.74) is 1.52. The fourth-order valence-electron chi connectivity index (χ4n) is 1.92. The van der Waals surface area contributed by atoms with Crippen molar-refractivity contribution >= 4 is 12.1 Å². The molecule has 1 N–H and O–H groups in total. The maximum Gasteiger partial charge on any atom is 0.513 e. The van der Waals surface area contributed by atoms with E-state index in [0.717, 1.165) is 5.56 Å². The summed E-state index contributed by atoms with van der Waals surface area (Å²) < 4.78 is 9.25. The van der Waals surface area contributed by atoms with E-state index in [-0.39, 0.29) is 11.9 Å². The average molecular weight is 299 g/mol. The monoisotopic (exact) mass is 299 g/mol. The first kappa shape index (κ1) is 15.6. The molecular formula is C17H17NO4. The molecule has 0 aromatic heterocycles. The summed E-state index contributed by atoms with van der Waals surface area (Å²) in [6, 6.07) is 15.9. The van der Waals surface area contributed by atoms with Crippen LogP contribution >= 0.6 is 0 Å². The van der Waals surface area contributed by atoms with Crippen molar-refractivity contribution in [1.29, 1.82) is 0 Å². The maximum absolute atomic E-state index is 12.2. The quantitative estimate of drug-likeness (QED) is 0.695. The zero-order valence-corrected chi connectivity index (χ0v) is 12.4. The van der Waals surface area contributed by atoms with Gasteiger partial charge in [0.15, 0.2) is 0 Å². The molecule has 5 nitrogen and oxygen atoms in total. The van der Waals surface area contributed by atoms with Gasteiger partial charge in [-0.25, -0.2) is 4.79 Å². The topological polar surface area (TPSA) is 64.6 Å². The number of nitrogens with one attached hydrogen (secondary N) is 1. The molecule has 0 spiro atoms. The molecule has 2 aromatic carbocycles. The largest absolute Gasteiger partial charge is 0.513 e. The Morgan fingerprint density at radius 3 is 2.23 bits per heavy atom. The molecule has 0 unspecified atom stereocenters. The van der Waals surface area contributed by atoms with E-state index < -0.39 is 6.16 Å². The predicted octanol–water partition coefficient (Wildman–Crippen LogP) is 3.32. The van der Waals surface area contributed by atoms with Gasteiger partial charge in [0.1, 0.15) is 5.75 Å². The first-order chi connectivity index (χ1) is 10.6. The summed E-state index contributed by atoms with van der Waals surface area (Å²) >= 11 is 0. The lowest BCUT2D eigenvalue weighted by Crippen LogP contribution is -2.26. The number of hydrogen-bond donors (Lipinski definition) is 1. The molecule has 2 aromatic rings. The minimum Gasteiger partial charge on any atom is -0.437 e. The Kier molecular flexibility index (Phi) is 5.14. The van der Waals surface area contributed by atoms with Gasteiger partial charge < -0.3 is 14.8 Å². The SMILES string of the molecule is COC(=O)Oc1ccc(C(=O)N[C@@H](C)c2ccccc2)cc1. The van der Waals surface area contributed by atoms with E-state index in [2.05, 4.69) is 10.1 Å². The third-order valence-corrected chi connectivity index (χ3v) is 3.13. The highest BCUT2D eigenvalue weighted by atomic mass is 16.7. The number of ether oxygens (including phenoxy) is 2. The van der Waals surface area contributed by atoms with Gasteiger partial charge >= 0.3 is 6.16 Å². The lowest BCUT2D eigenvalue weighted by Gasteiger charge is -2.14. The highest BCUT2D eigenvalue weighted by Gasteiger charge is 2.11. The van der Waals surface area contributed by atoms with E-state index >= 15 is 0 Å². The zero-order valence-electron chi connectivity index (χ0n) is 12.4. The molecule has 114 valence electrons. The Balaban J connectivity index is 1.99. The van der Waals surface area contributed by atoms with E-state index in [1.807, 2.05) is 37.3 Å². The summed E-state index contributed by atoms with van der Waals surface area (Å²) in [6.07, 6.45) is -0.796. The first-order valence-electron chi connectivity index (χ1n) is 6.82. The van der Waals surface area contributed by atoms with Crippen molar-refractivity contribution in [2.45, 2.75) is 13.0 Å². The lowest BCUT2D eigenvalue weighted by atomic mass is 10.1. The van der Waals surface area contributed by atoms with Crippen molar-refractivity contribution in [2.75, 3.05) is 7.11 Å². The average Bonchev–Trinajstić information content (AvgIpc) is 2.56. The molecule has 0 fully saturated rings. The Hall–Kier alpha value is -2.82. The first-order valence-corrected chi connectivity index (χ1v) is 6.82. The molecule has 0 heterocycles. The van der Waals surface area contributed by atoms with Crippen molar-refractivity contribution < 1.29 is 19.1 Å². The van der Waals surface area contributed by atoms with Crippen LogP contribution in [0.3, 0.4) is 0 Å². The van der Waals surface area contributed by atoms with Crippen LogP contribution in [-0.4, -0.2) is 19.2 Å². The van der Waals surface area contributed by atoms with Crippen LogP contribution < -0.4 is 10.1 Å². The number of amides is 1. The maximum atomic E-state index is 12.2. The van der Waals surface area contributed by atoms with E-state index in [9.17, 15) is 9.59 Å². The highest BCUT2D eigenvalue weighted by Crippen LogP contribution is 2.15. The van der Waals surface area contributed by atoms with Gasteiger partial charge in [-0.05, 0) is 36.8 Å². The van der Waals surface area contributed by atoms with E-state index in [4.69, 9.17) is 4.74 Å². The normalized spacial score (nSPS) is 11.4. The van der Waals surface area contributed by atoms with Crippen LogP contribution in [0.1, 0.15) is 28.9 Å². The molecule has 0 saturated carbocycles. The fraction of sp³-hybridized carbons (Fsp3) is 0.176. The molecule has 0 aliphatic heterocycles. The molecule has 0 saturated heterocycles. The van der Waals surface area contributed by atoms with Gasteiger partial charge in [-0.2, -0.15) is 0 Å². The summed E-state index contributed by atoms with van der Waals surface area (Å²) in [7, 11) is 1.23. The van der Waals surface area contributed by atoms with E-state index in [0.29, 0.717) is 11.3 Å². The van der Waals surface area contributed by atoms with Crippen LogP contribution in [-0.2, 0) is 4.74 Å². The summed E-state index contributed by atoms with van der Waals surface area (Å²) in [5.74, 6) is 0.125. The van der Waals surface area contributed by atoms with Crippen LogP contribution in [0, 0.1) is 0 Å². The van der Waals surface area contributed by atoms with Crippen LogP contribution in [0.4, 0.5) is 4.79 Å². The number of carbonyl (C=O) groups is 2. The van der Waals surface area contributed by atoms with Gasteiger partial charge in [0.25, 0.3) is 5.91 Å². The number of rotatable bonds is 4. The lowest BCUT2D eigenvalue weighted by molar-refractivity contribution is 0.0940. The Morgan fingerprint density at radius 1 is 1.00 bits per heavy atom. The van der Waals surface area contributed by atoms with Crippen LogP contribution in [0.5, 0.6) is 5.75 Å². The molecular weight excluding hydrogens is 282 g/mol. The minimum atomic E-state index is -0.796. The van der Waals surface area contributed by atoms with E-state index in [1.165, 1.54) is 7.11 Å². The van der Waals surface area contributed by atoms with E-state index in [1.54, 1.807) is 24.3 Å². The summed E-state index contributed by atoms with van der Waals surface area (Å²) in [4.78, 5) is 23.2. The van der Waals surface area contributed by atoms with Crippen molar-refractivity contribution in [3.8, 4) is 5.75 Å². The van der Waals surface area contributed by atoms with Crippen molar-refractivity contribution in [1.82, 2.24) is 5.32 Å². The fourth-order valence-corrected chi connectivity index (χ4v) is 1.92. The third-order valence-electron chi connectivity index (χ3n) is 3.13. The van der Waals surface area contributed by atoms with Gasteiger partial charge in [-0.15, -0.1) is 0 Å². The third kappa shape index (κ3) is 4.09. The number of hydrogen-bond acceptors (Lipinski definition) is 4. The zero-order chi connectivity index (χ0) is 15.9. The molecule has 1 atom stereocenters. The van der Waals surface area contributed by atoms with Gasteiger partial charge in [0.2, 0.25) is 0 Å². The van der Waals surface area contributed by atoms with Gasteiger partial charge in [0, 0.05) is 5.56 Å². The van der Waals surface area contributed by atoms with Gasteiger partial charge in [0.05, 0.1) is 13.2 Å². The standard InChI is InChI=1S/C17H17NO4/c1-12(13-6-4-3-5-7-13)18-16(19)14-8-10-15(11-9-14)22-17(20)21-2/h3-12H,1-2H3,(H,18,19)/t12-/m0/s1. The second-order valence-electron chi connectivity index (χ2n) is 4.69. The molecule has 1 amide bonds. The minimum absolute atomic E-state index is 0.0975. The van der Waals surface area contributed by atoms with Crippen molar-refractivity contribution in [2.24, 2.45) is 0 Å². The second kappa shape index (κ2) is 7.26. The number of benzene rings is 2. The van der Waals surface area contributed by atoms with Crippen LogP contribution in [0.15, 0.2) is 54.6 Å². The molecule has 0 radical (unpaired) electrons. The molecule has 2 rings (SSSR count). The smallest absolute Gasteiger partial charge is 0.437 e. The summed E-state index contributed by atoms with van der Waals surface area (Å²) in [6.45, 7) is 1.92. The summed E-state index contributed by atoms with van der Waals surface area (Å²) in [5, 5.41) is 2.91. The Morgan fingerprint density at radius 2 is 1.64 bits per heavy atom. The van der Waals surface area contributed by atoms with Crippen molar-refractivity contribution in [3.63, 3.8) is 0 Å². The Bertz CT molecular complexity index is 637. The van der Waals surface area contributed by atoms with Crippen LogP contribution in [0.2, 0.25) is 0 Å². The van der Waals surface area contributed by atoms with Gasteiger partial charge in [-0.1, -0.05) is 30.3 Å². The van der Waals surface area contributed by atoms with Crippen molar-refractivity contribution in [3.05, 3.63) is 65.7 Å². The number of carbonyl (C=O) groups excluding carboxylic acids is 2. The Labute approximate surface area is 128 Å². The molecule has 22 heavy (non-hydrogen) atoms. The second-order valence-corrected chi connectivity index (χ2v) is 4.69. The predicted molar refractivity (Wildman–Crippen MR) is 81.8 cm³/mol. The molecule has 5 heteroatoms. The van der Waals surface area contributed by atoms with Crippen LogP contribution in [0.25, 0.3) is 0 Å². The molecule has 0 aliphatic rings. The molecule has 0 bridgehead atoms. The number of methoxy groups -OCH3 is 1.